The fourth-order valence-electron chi connectivity index (χ4n) is 1.36. The summed E-state index contributed by atoms with van der Waals surface area (Å²) < 4.78 is 0. The lowest BCUT2D eigenvalue weighted by Crippen LogP contribution is -1.94. The molecule has 0 saturated carbocycles. The Kier molecular flexibility index (Phi) is 11.5. The molecule has 0 aliphatic heterocycles. The van der Waals surface area contributed by atoms with Crippen molar-refractivity contribution in [3.8, 4) is 23.7 Å². The number of carbonyl (C=O) groups excluding carboxylic acids is 1. The number of rotatable bonds is 8. The third-order valence-corrected chi connectivity index (χ3v) is 2.44. The Morgan fingerprint density at radius 3 is 2.68 bits per heavy atom. The van der Waals surface area contributed by atoms with Gasteiger partial charge in [0.25, 0.3) is 0 Å². The number of carbonyl (C=O) groups is 1. The second kappa shape index (κ2) is 12.7. The summed E-state index contributed by atoms with van der Waals surface area (Å²) in [6.45, 7) is 5.56. The van der Waals surface area contributed by atoms with Crippen molar-refractivity contribution in [1.82, 2.24) is 0 Å². The van der Waals surface area contributed by atoms with E-state index in [0.717, 1.165) is 12.8 Å². The average Bonchev–Trinajstić information content (AvgIpc) is 2.42. The van der Waals surface area contributed by atoms with Crippen LogP contribution in [0.4, 0.5) is 0 Å². The van der Waals surface area contributed by atoms with E-state index in [1.54, 1.807) is 0 Å². The van der Waals surface area contributed by atoms with Gasteiger partial charge in [-0.05, 0) is 36.7 Å². The topological polar surface area (TPSA) is 37.3 Å². The second-order valence-corrected chi connectivity index (χ2v) is 4.17. The van der Waals surface area contributed by atoms with Crippen LogP contribution in [0.3, 0.4) is 0 Å². The summed E-state index contributed by atoms with van der Waals surface area (Å²) in [4.78, 5) is 11.3. The number of allylic oxidation sites excluding steroid dienone is 2. The van der Waals surface area contributed by atoms with Crippen LogP contribution in [0.25, 0.3) is 0 Å². The summed E-state index contributed by atoms with van der Waals surface area (Å²) in [5.74, 6) is 9.35. The Morgan fingerprint density at radius 1 is 1.26 bits per heavy atom. The molecule has 0 heterocycles. The fraction of sp³-hybridized carbons (Fsp3) is 0.471. The largest absolute Gasteiger partial charge is 0.377 e. The molecule has 0 rings (SSSR count). The minimum Gasteiger partial charge on any atom is -0.377 e. The summed E-state index contributed by atoms with van der Waals surface area (Å²) in [5.41, 5.74) is 0. The van der Waals surface area contributed by atoms with E-state index in [1.807, 2.05) is 6.08 Å². The Balaban J connectivity index is 3.81. The highest BCUT2D eigenvalue weighted by atomic mass is 16.3. The first kappa shape index (κ1) is 17.2. The predicted octanol–water partition coefficient (Wildman–Crippen LogP) is 3.03. The third kappa shape index (κ3) is 12.5. The Hall–Kier alpha value is -1.77. The first-order chi connectivity index (χ1) is 9.20. The highest BCUT2D eigenvalue weighted by Crippen LogP contribution is 2.05. The summed E-state index contributed by atoms with van der Waals surface area (Å²) in [6, 6.07) is 0. The van der Waals surface area contributed by atoms with Crippen LogP contribution in [-0.4, -0.2) is 17.0 Å². The van der Waals surface area contributed by atoms with Crippen molar-refractivity contribution in [2.45, 2.75) is 51.6 Å². The van der Waals surface area contributed by atoms with Crippen LogP contribution in [0, 0.1) is 23.7 Å². The van der Waals surface area contributed by atoms with Gasteiger partial charge in [-0.3, -0.25) is 4.79 Å². The first-order valence-electron chi connectivity index (χ1n) is 6.73. The number of hydrogen-bond donors (Lipinski definition) is 1. The van der Waals surface area contributed by atoms with E-state index >= 15 is 0 Å². The van der Waals surface area contributed by atoms with Crippen molar-refractivity contribution in [3.05, 3.63) is 24.8 Å². The maximum absolute atomic E-state index is 11.3. The normalized spacial score (nSPS) is 11.1. The summed E-state index contributed by atoms with van der Waals surface area (Å²) in [6.07, 6.45) is 10.8. The SMILES string of the molecule is C=CC(O)C#CC#CC(=O)/C=C/CCCCCCC. The molecule has 0 aliphatic rings. The van der Waals surface area contributed by atoms with Crippen molar-refractivity contribution in [2.24, 2.45) is 0 Å². The molecule has 0 fully saturated rings. The first-order valence-corrected chi connectivity index (χ1v) is 6.73. The lowest BCUT2D eigenvalue weighted by molar-refractivity contribution is -0.109. The summed E-state index contributed by atoms with van der Waals surface area (Å²) >= 11 is 0. The zero-order chi connectivity index (χ0) is 14.3. The van der Waals surface area contributed by atoms with Gasteiger partial charge in [-0.1, -0.05) is 57.3 Å². The molecule has 0 aromatic rings. The van der Waals surface area contributed by atoms with Crippen LogP contribution >= 0.6 is 0 Å². The van der Waals surface area contributed by atoms with Gasteiger partial charge in [-0.2, -0.15) is 0 Å². The van der Waals surface area contributed by atoms with Crippen LogP contribution < -0.4 is 0 Å². The molecule has 1 unspecified atom stereocenters. The number of ketones is 1. The van der Waals surface area contributed by atoms with Gasteiger partial charge in [-0.25, -0.2) is 0 Å². The molecule has 0 radical (unpaired) electrons. The minimum absolute atomic E-state index is 0.254. The van der Waals surface area contributed by atoms with E-state index in [0.29, 0.717) is 0 Å². The lowest BCUT2D eigenvalue weighted by atomic mass is 10.1. The van der Waals surface area contributed by atoms with Crippen LogP contribution in [0.15, 0.2) is 24.8 Å². The average molecular weight is 258 g/mol. The molecule has 0 aromatic heterocycles. The molecule has 1 atom stereocenters. The Morgan fingerprint density at radius 2 is 2.00 bits per heavy atom. The predicted molar refractivity (Wildman–Crippen MR) is 79.3 cm³/mol. The van der Waals surface area contributed by atoms with E-state index < -0.39 is 6.10 Å². The van der Waals surface area contributed by atoms with Crippen LogP contribution in [0.1, 0.15) is 45.4 Å². The van der Waals surface area contributed by atoms with E-state index in [9.17, 15) is 4.79 Å². The van der Waals surface area contributed by atoms with E-state index in [4.69, 9.17) is 5.11 Å². The highest BCUT2D eigenvalue weighted by Gasteiger charge is 1.89. The summed E-state index contributed by atoms with van der Waals surface area (Å²) in [5, 5.41) is 9.03. The van der Waals surface area contributed by atoms with Crippen molar-refractivity contribution in [3.63, 3.8) is 0 Å². The molecule has 0 saturated heterocycles. The molecule has 2 heteroatoms. The molecule has 0 bridgehead atoms. The standard InChI is InChI=1S/C17H22O2/c1-3-5-6-7-8-9-10-14-17(19)15-12-11-13-16(18)4-2/h4,10,14,16,18H,2-3,5-9H2,1H3/b14-10+. The van der Waals surface area contributed by atoms with Gasteiger partial charge in [0, 0.05) is 0 Å². The third-order valence-electron chi connectivity index (χ3n) is 2.44. The highest BCUT2D eigenvalue weighted by molar-refractivity contribution is 6.04. The molecule has 19 heavy (non-hydrogen) atoms. The molecule has 0 spiro atoms. The summed E-state index contributed by atoms with van der Waals surface area (Å²) in [7, 11) is 0. The smallest absolute Gasteiger partial charge is 0.229 e. The Labute approximate surface area is 116 Å². The monoisotopic (exact) mass is 258 g/mol. The van der Waals surface area contributed by atoms with Crippen molar-refractivity contribution < 1.29 is 9.90 Å². The molecule has 102 valence electrons. The lowest BCUT2D eigenvalue weighted by Gasteiger charge is -1.95. The molecule has 0 amide bonds. The van der Waals surface area contributed by atoms with Crippen LogP contribution in [0.5, 0.6) is 0 Å². The maximum Gasteiger partial charge on any atom is 0.229 e. The molecule has 0 aromatic carbocycles. The van der Waals surface area contributed by atoms with Gasteiger partial charge in [0.15, 0.2) is 0 Å². The van der Waals surface area contributed by atoms with Gasteiger partial charge >= 0.3 is 0 Å². The number of hydrogen-bond acceptors (Lipinski definition) is 2. The zero-order valence-corrected chi connectivity index (χ0v) is 11.6. The van der Waals surface area contributed by atoms with Gasteiger partial charge in [0.2, 0.25) is 5.78 Å². The zero-order valence-electron chi connectivity index (χ0n) is 11.6. The number of aliphatic hydroxyl groups is 1. The molecular weight excluding hydrogens is 236 g/mol. The van der Waals surface area contributed by atoms with Crippen molar-refractivity contribution >= 4 is 5.78 Å². The van der Waals surface area contributed by atoms with Gasteiger partial charge in [0.05, 0.1) is 0 Å². The maximum atomic E-state index is 11.3. The van der Waals surface area contributed by atoms with Crippen LogP contribution in [0.2, 0.25) is 0 Å². The molecular formula is C17H22O2. The number of unbranched alkanes of at least 4 members (excludes halogenated alkanes) is 5. The van der Waals surface area contributed by atoms with Gasteiger partial charge < -0.3 is 5.11 Å². The quantitative estimate of drug-likeness (QED) is 0.239. The van der Waals surface area contributed by atoms with E-state index in [-0.39, 0.29) is 5.78 Å². The van der Waals surface area contributed by atoms with Gasteiger partial charge in [-0.15, -0.1) is 0 Å². The van der Waals surface area contributed by atoms with Crippen molar-refractivity contribution in [1.29, 1.82) is 0 Å². The number of aliphatic hydroxyl groups excluding tert-OH is 1. The minimum atomic E-state index is -0.886. The second-order valence-electron chi connectivity index (χ2n) is 4.17. The van der Waals surface area contributed by atoms with Crippen LogP contribution in [-0.2, 0) is 4.79 Å². The fourth-order valence-corrected chi connectivity index (χ4v) is 1.36. The van der Waals surface area contributed by atoms with E-state index in [1.165, 1.54) is 37.8 Å². The van der Waals surface area contributed by atoms with Crippen molar-refractivity contribution in [2.75, 3.05) is 0 Å². The van der Waals surface area contributed by atoms with E-state index in [2.05, 4.69) is 37.2 Å². The molecule has 1 N–H and O–H groups in total. The molecule has 0 aliphatic carbocycles. The van der Waals surface area contributed by atoms with Gasteiger partial charge in [0.1, 0.15) is 6.10 Å². The molecule has 2 nitrogen and oxygen atoms in total. The Bertz CT molecular complexity index is 410.